The normalized spacial score (nSPS) is 12.7. The van der Waals surface area contributed by atoms with E-state index in [-0.39, 0.29) is 11.6 Å². The minimum Gasteiger partial charge on any atom is -0.308 e. The van der Waals surface area contributed by atoms with Gasteiger partial charge in [-0.1, -0.05) is 43.1 Å². The molecule has 5 heteroatoms. The Morgan fingerprint density at radius 1 is 1.11 bits per heavy atom. The van der Waals surface area contributed by atoms with Crippen LogP contribution in [0.15, 0.2) is 47.3 Å². The first-order chi connectivity index (χ1) is 12.9. The maximum absolute atomic E-state index is 13.3. The van der Waals surface area contributed by atoms with Crippen molar-refractivity contribution in [2.45, 2.75) is 40.2 Å². The van der Waals surface area contributed by atoms with E-state index < -0.39 is 0 Å². The Labute approximate surface area is 165 Å². The van der Waals surface area contributed by atoms with Gasteiger partial charge in [0, 0.05) is 5.02 Å². The zero-order valence-corrected chi connectivity index (χ0v) is 17.0. The van der Waals surface area contributed by atoms with Crippen LogP contribution in [-0.2, 0) is 0 Å². The molecular formula is C22H26ClN3O. The second-order valence-electron chi connectivity index (χ2n) is 7.47. The highest BCUT2D eigenvalue weighted by molar-refractivity contribution is 6.31. The van der Waals surface area contributed by atoms with Crippen LogP contribution in [0.25, 0.3) is 16.6 Å². The number of fused-ring (bicyclic) bond motifs is 1. The summed E-state index contributed by atoms with van der Waals surface area (Å²) in [4.78, 5) is 18.1. The number of rotatable bonds is 6. The molecule has 0 saturated carbocycles. The van der Waals surface area contributed by atoms with Crippen molar-refractivity contribution in [2.24, 2.45) is 5.92 Å². The third-order valence-corrected chi connectivity index (χ3v) is 4.94. The van der Waals surface area contributed by atoms with E-state index in [1.165, 1.54) is 0 Å². The topological polar surface area (TPSA) is 46.9 Å². The van der Waals surface area contributed by atoms with Crippen LogP contribution in [0, 0.1) is 12.8 Å². The molecular weight excluding hydrogens is 358 g/mol. The van der Waals surface area contributed by atoms with Gasteiger partial charge in [0.05, 0.1) is 22.6 Å². The van der Waals surface area contributed by atoms with Gasteiger partial charge in [-0.2, -0.15) is 0 Å². The molecule has 0 amide bonds. The predicted octanol–water partition coefficient (Wildman–Crippen LogP) is 5.04. The first kappa shape index (κ1) is 19.6. The van der Waals surface area contributed by atoms with Crippen molar-refractivity contribution >= 4 is 22.5 Å². The largest absolute Gasteiger partial charge is 0.308 e. The zero-order valence-electron chi connectivity index (χ0n) is 16.3. The van der Waals surface area contributed by atoms with Crippen molar-refractivity contribution < 1.29 is 0 Å². The SMILES string of the molecule is Cc1ccc(-n2c([C@H](C)NCCC(C)C)nc3cc(Cl)ccc3c2=O)cc1. The van der Waals surface area contributed by atoms with Crippen LogP contribution in [-0.4, -0.2) is 16.1 Å². The van der Waals surface area contributed by atoms with Crippen molar-refractivity contribution in [2.75, 3.05) is 6.54 Å². The lowest BCUT2D eigenvalue weighted by Gasteiger charge is -2.20. The molecule has 0 aliphatic heterocycles. The van der Waals surface area contributed by atoms with Crippen molar-refractivity contribution in [3.63, 3.8) is 0 Å². The number of nitrogens with one attached hydrogen (secondary N) is 1. The van der Waals surface area contributed by atoms with Crippen LogP contribution in [0.3, 0.4) is 0 Å². The van der Waals surface area contributed by atoms with Crippen molar-refractivity contribution in [1.29, 1.82) is 0 Å². The number of hydrogen-bond donors (Lipinski definition) is 1. The Hall–Kier alpha value is -2.17. The smallest absolute Gasteiger partial charge is 0.266 e. The summed E-state index contributed by atoms with van der Waals surface area (Å²) >= 11 is 6.13. The van der Waals surface area contributed by atoms with Gasteiger partial charge in [0.2, 0.25) is 0 Å². The number of nitrogens with zero attached hydrogens (tertiary/aromatic N) is 2. The molecule has 1 heterocycles. The van der Waals surface area contributed by atoms with Crippen LogP contribution in [0.1, 0.15) is 44.6 Å². The van der Waals surface area contributed by atoms with Crippen LogP contribution in [0.2, 0.25) is 5.02 Å². The third-order valence-electron chi connectivity index (χ3n) is 4.71. The van der Waals surface area contributed by atoms with Crippen LogP contribution < -0.4 is 10.9 Å². The molecule has 0 radical (unpaired) electrons. The number of aryl methyl sites for hydroxylation is 1. The Kier molecular flexibility index (Phi) is 5.98. The quantitative estimate of drug-likeness (QED) is 0.648. The lowest BCUT2D eigenvalue weighted by atomic mass is 10.1. The lowest BCUT2D eigenvalue weighted by molar-refractivity contribution is 0.479. The third kappa shape index (κ3) is 4.40. The summed E-state index contributed by atoms with van der Waals surface area (Å²) in [6.45, 7) is 9.35. The zero-order chi connectivity index (χ0) is 19.6. The Balaban J connectivity index is 2.14. The highest BCUT2D eigenvalue weighted by Gasteiger charge is 2.18. The molecule has 2 aromatic carbocycles. The fraction of sp³-hybridized carbons (Fsp3) is 0.364. The van der Waals surface area contributed by atoms with Crippen molar-refractivity contribution in [3.05, 3.63) is 69.2 Å². The monoisotopic (exact) mass is 383 g/mol. The van der Waals surface area contributed by atoms with E-state index in [0.29, 0.717) is 27.7 Å². The van der Waals surface area contributed by atoms with Gasteiger partial charge < -0.3 is 5.32 Å². The number of halogens is 1. The van der Waals surface area contributed by atoms with Gasteiger partial charge in [0.25, 0.3) is 5.56 Å². The first-order valence-electron chi connectivity index (χ1n) is 9.39. The molecule has 0 spiro atoms. The van der Waals surface area contributed by atoms with Gasteiger partial charge in [0.1, 0.15) is 5.82 Å². The fourth-order valence-electron chi connectivity index (χ4n) is 3.09. The Morgan fingerprint density at radius 2 is 1.81 bits per heavy atom. The van der Waals surface area contributed by atoms with Crippen LogP contribution in [0.5, 0.6) is 0 Å². The summed E-state index contributed by atoms with van der Waals surface area (Å²) in [5, 5.41) is 4.65. The molecule has 0 bridgehead atoms. The lowest BCUT2D eigenvalue weighted by Crippen LogP contribution is -2.30. The van der Waals surface area contributed by atoms with E-state index >= 15 is 0 Å². The molecule has 27 heavy (non-hydrogen) atoms. The molecule has 4 nitrogen and oxygen atoms in total. The molecule has 0 aliphatic carbocycles. The van der Waals surface area contributed by atoms with Crippen molar-refractivity contribution in [3.8, 4) is 5.69 Å². The summed E-state index contributed by atoms with van der Waals surface area (Å²) in [6.07, 6.45) is 1.07. The minimum atomic E-state index is -0.0759. The van der Waals surface area contributed by atoms with Gasteiger partial charge in [-0.25, -0.2) is 4.98 Å². The molecule has 1 N–H and O–H groups in total. The summed E-state index contributed by atoms with van der Waals surface area (Å²) in [5.74, 6) is 1.31. The van der Waals surface area contributed by atoms with E-state index in [9.17, 15) is 4.79 Å². The van der Waals surface area contributed by atoms with E-state index in [2.05, 4.69) is 19.2 Å². The van der Waals surface area contributed by atoms with Crippen molar-refractivity contribution in [1.82, 2.24) is 14.9 Å². The fourth-order valence-corrected chi connectivity index (χ4v) is 3.26. The standard InChI is InChI=1S/C22H26ClN3O/c1-14(2)11-12-24-16(4)21-25-20-13-17(23)7-10-19(20)22(27)26(21)18-8-5-15(3)6-9-18/h5-10,13-14,16,24H,11-12H2,1-4H3/t16-/m0/s1. The average molecular weight is 384 g/mol. The number of aromatic nitrogens is 2. The summed E-state index contributed by atoms with van der Waals surface area (Å²) in [7, 11) is 0. The van der Waals surface area contributed by atoms with Crippen LogP contribution in [0.4, 0.5) is 0 Å². The number of benzene rings is 2. The highest BCUT2D eigenvalue weighted by Crippen LogP contribution is 2.21. The molecule has 3 aromatic rings. The number of hydrogen-bond acceptors (Lipinski definition) is 3. The highest BCUT2D eigenvalue weighted by atomic mass is 35.5. The Bertz CT molecular complexity index is 993. The van der Waals surface area contributed by atoms with Crippen LogP contribution >= 0.6 is 11.6 Å². The predicted molar refractivity (Wildman–Crippen MR) is 113 cm³/mol. The van der Waals surface area contributed by atoms with E-state index in [1.54, 1.807) is 22.8 Å². The minimum absolute atomic E-state index is 0.0684. The second kappa shape index (κ2) is 8.24. The average Bonchev–Trinajstić information content (AvgIpc) is 2.62. The molecule has 0 fully saturated rings. The molecule has 3 rings (SSSR count). The maximum atomic E-state index is 13.3. The molecule has 0 unspecified atom stereocenters. The molecule has 0 saturated heterocycles. The van der Waals surface area contributed by atoms with Gasteiger partial charge >= 0.3 is 0 Å². The second-order valence-corrected chi connectivity index (χ2v) is 7.90. The summed E-state index contributed by atoms with van der Waals surface area (Å²) in [6, 6.07) is 13.1. The van der Waals surface area contributed by atoms with E-state index in [4.69, 9.17) is 16.6 Å². The van der Waals surface area contributed by atoms with E-state index in [1.807, 2.05) is 38.1 Å². The molecule has 0 aliphatic rings. The molecule has 142 valence electrons. The summed E-state index contributed by atoms with van der Waals surface area (Å²) < 4.78 is 1.71. The molecule has 1 aromatic heterocycles. The van der Waals surface area contributed by atoms with Gasteiger partial charge in [-0.3, -0.25) is 9.36 Å². The first-order valence-corrected chi connectivity index (χ1v) is 9.77. The van der Waals surface area contributed by atoms with Gasteiger partial charge in [0.15, 0.2) is 0 Å². The Morgan fingerprint density at radius 3 is 2.48 bits per heavy atom. The van der Waals surface area contributed by atoms with Gasteiger partial charge in [-0.05, 0) is 63.1 Å². The van der Waals surface area contributed by atoms with E-state index in [0.717, 1.165) is 24.2 Å². The maximum Gasteiger partial charge on any atom is 0.266 e. The van der Waals surface area contributed by atoms with Gasteiger partial charge in [-0.15, -0.1) is 0 Å². The summed E-state index contributed by atoms with van der Waals surface area (Å²) in [5.41, 5.74) is 2.52. The molecule has 1 atom stereocenters.